The number of benzene rings is 1. The van der Waals surface area contributed by atoms with Crippen molar-refractivity contribution >= 4 is 29.0 Å². The van der Waals surface area contributed by atoms with Gasteiger partial charge in [-0.3, -0.25) is 4.79 Å². The van der Waals surface area contributed by atoms with Crippen molar-refractivity contribution < 1.29 is 9.53 Å². The van der Waals surface area contributed by atoms with E-state index in [9.17, 15) is 4.79 Å². The van der Waals surface area contributed by atoms with Crippen LogP contribution in [0.2, 0.25) is 5.02 Å². The summed E-state index contributed by atoms with van der Waals surface area (Å²) in [5, 5.41) is 6.45. The van der Waals surface area contributed by atoms with Crippen molar-refractivity contribution in [3.8, 4) is 16.9 Å². The lowest BCUT2D eigenvalue weighted by Crippen LogP contribution is -2.18. The normalized spacial score (nSPS) is 12.9. The molecule has 108 valence electrons. The number of hydrogen-bond donors (Lipinski definition) is 2. The van der Waals surface area contributed by atoms with Crippen LogP contribution in [0.3, 0.4) is 0 Å². The standard InChI is InChI=1S/C15H14ClN3O2/c1-9(20)19-14-7-11(12(16)8-18-14)10-3-2-4-13-15(10)21-6-5-17-13/h2-4,7-8,17H,5-6H2,1H3,(H,18,19,20). The maximum absolute atomic E-state index is 11.2. The molecule has 0 radical (unpaired) electrons. The van der Waals surface area contributed by atoms with E-state index in [1.165, 1.54) is 13.1 Å². The van der Waals surface area contributed by atoms with Gasteiger partial charge in [-0.15, -0.1) is 0 Å². The van der Waals surface area contributed by atoms with Crippen molar-refractivity contribution in [2.24, 2.45) is 0 Å². The van der Waals surface area contributed by atoms with E-state index in [2.05, 4.69) is 15.6 Å². The SMILES string of the molecule is CC(=O)Nc1cc(-c2cccc3c2OCCN3)c(Cl)cn1. The Morgan fingerprint density at radius 2 is 2.29 bits per heavy atom. The van der Waals surface area contributed by atoms with Gasteiger partial charge in [0.15, 0.2) is 0 Å². The molecular weight excluding hydrogens is 290 g/mol. The van der Waals surface area contributed by atoms with Crippen LogP contribution in [0.5, 0.6) is 5.75 Å². The highest BCUT2D eigenvalue weighted by molar-refractivity contribution is 6.33. The van der Waals surface area contributed by atoms with Crippen LogP contribution in [0.4, 0.5) is 11.5 Å². The Morgan fingerprint density at radius 3 is 3.10 bits per heavy atom. The lowest BCUT2D eigenvalue weighted by molar-refractivity contribution is -0.114. The first-order valence-corrected chi connectivity index (χ1v) is 6.96. The molecule has 6 heteroatoms. The summed E-state index contributed by atoms with van der Waals surface area (Å²) in [5.41, 5.74) is 2.59. The van der Waals surface area contributed by atoms with Gasteiger partial charge in [-0.1, -0.05) is 23.7 Å². The molecule has 1 aliphatic heterocycles. The molecular formula is C15H14ClN3O2. The van der Waals surface area contributed by atoms with Crippen molar-refractivity contribution in [2.45, 2.75) is 6.92 Å². The van der Waals surface area contributed by atoms with Gasteiger partial charge in [-0.25, -0.2) is 4.98 Å². The van der Waals surface area contributed by atoms with Gasteiger partial charge in [0, 0.05) is 30.8 Å². The average molecular weight is 304 g/mol. The molecule has 2 N–H and O–H groups in total. The fourth-order valence-electron chi connectivity index (χ4n) is 2.28. The van der Waals surface area contributed by atoms with Gasteiger partial charge in [-0.2, -0.15) is 0 Å². The Kier molecular flexibility index (Phi) is 3.66. The highest BCUT2D eigenvalue weighted by Crippen LogP contribution is 2.41. The lowest BCUT2D eigenvalue weighted by Gasteiger charge is -2.22. The van der Waals surface area contributed by atoms with E-state index < -0.39 is 0 Å². The van der Waals surface area contributed by atoms with Crippen LogP contribution < -0.4 is 15.4 Å². The van der Waals surface area contributed by atoms with Crippen molar-refractivity contribution in [3.63, 3.8) is 0 Å². The quantitative estimate of drug-likeness (QED) is 0.894. The zero-order chi connectivity index (χ0) is 14.8. The summed E-state index contributed by atoms with van der Waals surface area (Å²) in [4.78, 5) is 15.3. The van der Waals surface area contributed by atoms with Crippen molar-refractivity contribution in [1.82, 2.24) is 4.98 Å². The van der Waals surface area contributed by atoms with Crippen LogP contribution in [-0.2, 0) is 4.79 Å². The molecule has 2 heterocycles. The third kappa shape index (κ3) is 2.78. The molecule has 0 bridgehead atoms. The molecule has 1 amide bonds. The van der Waals surface area contributed by atoms with E-state index in [0.29, 0.717) is 17.4 Å². The molecule has 0 saturated carbocycles. The first-order valence-electron chi connectivity index (χ1n) is 6.58. The first-order chi connectivity index (χ1) is 10.1. The lowest BCUT2D eigenvalue weighted by atomic mass is 10.0. The number of rotatable bonds is 2. The van der Waals surface area contributed by atoms with E-state index in [4.69, 9.17) is 16.3 Å². The minimum atomic E-state index is -0.177. The Bertz CT molecular complexity index is 703. The minimum Gasteiger partial charge on any atom is -0.489 e. The molecule has 1 aromatic carbocycles. The van der Waals surface area contributed by atoms with Crippen molar-refractivity contribution in [2.75, 3.05) is 23.8 Å². The van der Waals surface area contributed by atoms with Crippen molar-refractivity contribution in [1.29, 1.82) is 0 Å². The van der Waals surface area contributed by atoms with Gasteiger partial charge >= 0.3 is 0 Å². The molecule has 0 saturated heterocycles. The Labute approximate surface area is 127 Å². The molecule has 0 unspecified atom stereocenters. The van der Waals surface area contributed by atoms with Gasteiger partial charge < -0.3 is 15.4 Å². The Balaban J connectivity index is 2.09. The predicted octanol–water partition coefficient (Wildman–Crippen LogP) is 3.16. The monoisotopic (exact) mass is 303 g/mol. The zero-order valence-corrected chi connectivity index (χ0v) is 12.2. The zero-order valence-electron chi connectivity index (χ0n) is 11.4. The Hall–Kier alpha value is -2.27. The van der Waals surface area contributed by atoms with Gasteiger partial charge in [0.1, 0.15) is 18.2 Å². The highest BCUT2D eigenvalue weighted by Gasteiger charge is 2.17. The highest BCUT2D eigenvalue weighted by atomic mass is 35.5. The number of nitrogens with zero attached hydrogens (tertiary/aromatic N) is 1. The fourth-order valence-corrected chi connectivity index (χ4v) is 2.48. The molecule has 5 nitrogen and oxygen atoms in total. The number of halogens is 1. The molecule has 1 aliphatic rings. The summed E-state index contributed by atoms with van der Waals surface area (Å²) in [5.74, 6) is 1.05. The third-order valence-electron chi connectivity index (χ3n) is 3.13. The topological polar surface area (TPSA) is 63.2 Å². The number of carbonyl (C=O) groups excluding carboxylic acids is 1. The number of fused-ring (bicyclic) bond motifs is 1. The second-order valence-corrected chi connectivity index (χ2v) is 5.10. The van der Waals surface area contributed by atoms with Gasteiger partial charge in [0.05, 0.1) is 10.7 Å². The largest absolute Gasteiger partial charge is 0.489 e. The third-order valence-corrected chi connectivity index (χ3v) is 3.43. The molecule has 0 aliphatic carbocycles. The van der Waals surface area contributed by atoms with Gasteiger partial charge in [-0.05, 0) is 12.1 Å². The van der Waals surface area contributed by atoms with Gasteiger partial charge in [0.25, 0.3) is 0 Å². The maximum Gasteiger partial charge on any atom is 0.222 e. The Morgan fingerprint density at radius 1 is 1.43 bits per heavy atom. The number of aromatic nitrogens is 1. The number of anilines is 2. The second kappa shape index (κ2) is 5.61. The molecule has 0 spiro atoms. The van der Waals surface area contributed by atoms with Crippen LogP contribution in [-0.4, -0.2) is 24.0 Å². The fraction of sp³-hybridized carbons (Fsp3) is 0.200. The number of ether oxygens (including phenoxy) is 1. The van der Waals surface area contributed by atoms with E-state index in [0.717, 1.165) is 29.1 Å². The summed E-state index contributed by atoms with van der Waals surface area (Å²) in [7, 11) is 0. The maximum atomic E-state index is 11.2. The number of pyridine rings is 1. The van der Waals surface area contributed by atoms with Crippen LogP contribution in [0.15, 0.2) is 30.5 Å². The molecule has 0 fully saturated rings. The number of hydrogen-bond acceptors (Lipinski definition) is 4. The molecule has 1 aromatic heterocycles. The number of nitrogens with one attached hydrogen (secondary N) is 2. The van der Waals surface area contributed by atoms with E-state index in [-0.39, 0.29) is 5.91 Å². The predicted molar refractivity (Wildman–Crippen MR) is 83.0 cm³/mol. The van der Waals surface area contributed by atoms with E-state index >= 15 is 0 Å². The van der Waals surface area contributed by atoms with Crippen LogP contribution in [0.25, 0.3) is 11.1 Å². The number of amides is 1. The summed E-state index contributed by atoms with van der Waals surface area (Å²) >= 11 is 6.26. The van der Waals surface area contributed by atoms with Crippen LogP contribution >= 0.6 is 11.6 Å². The van der Waals surface area contributed by atoms with Crippen LogP contribution in [0, 0.1) is 0 Å². The summed E-state index contributed by atoms with van der Waals surface area (Å²) in [6.07, 6.45) is 1.53. The second-order valence-electron chi connectivity index (χ2n) is 4.69. The molecule has 3 rings (SSSR count). The van der Waals surface area contributed by atoms with Gasteiger partial charge in [0.2, 0.25) is 5.91 Å². The molecule has 0 atom stereocenters. The minimum absolute atomic E-state index is 0.177. The van der Waals surface area contributed by atoms with E-state index in [1.54, 1.807) is 6.07 Å². The summed E-state index contributed by atoms with van der Waals surface area (Å²) in [6, 6.07) is 7.58. The number of para-hydroxylation sites is 1. The smallest absolute Gasteiger partial charge is 0.222 e. The molecule has 21 heavy (non-hydrogen) atoms. The van der Waals surface area contributed by atoms with Crippen LogP contribution in [0.1, 0.15) is 6.92 Å². The average Bonchev–Trinajstić information content (AvgIpc) is 2.48. The van der Waals surface area contributed by atoms with Crippen molar-refractivity contribution in [3.05, 3.63) is 35.5 Å². The number of carbonyl (C=O) groups is 1. The summed E-state index contributed by atoms with van der Waals surface area (Å²) < 4.78 is 5.76. The van der Waals surface area contributed by atoms with E-state index in [1.807, 2.05) is 18.2 Å². The molecule has 2 aromatic rings. The summed E-state index contributed by atoms with van der Waals surface area (Å²) in [6.45, 7) is 2.82. The first kappa shape index (κ1) is 13.7.